The number of aromatic amines is 1. The number of rotatable bonds is 14. The van der Waals surface area contributed by atoms with E-state index in [1.54, 1.807) is 0 Å². The van der Waals surface area contributed by atoms with Crippen LogP contribution in [0.3, 0.4) is 0 Å². The van der Waals surface area contributed by atoms with E-state index < -0.39 is 23.8 Å². The summed E-state index contributed by atoms with van der Waals surface area (Å²) in [6.07, 6.45) is 10.1. The molecule has 1 N–H and O–H groups in total. The van der Waals surface area contributed by atoms with E-state index >= 15 is 0 Å². The van der Waals surface area contributed by atoms with Crippen LogP contribution < -0.4 is 3.71 Å². The number of benzene rings is 3. The SMILES string of the molecule is CCC[CH2][Sn]([CH2]CCC)([CH2]CCC)[c]1cnc(C(c2ccccc2)(c2ccccc2)c2ccccc2)[nH]1. The molecule has 0 fully saturated rings. The first-order valence-corrected chi connectivity index (χ1v) is 21.9. The van der Waals surface area contributed by atoms with Gasteiger partial charge in [-0.15, -0.1) is 0 Å². The van der Waals surface area contributed by atoms with Crippen LogP contribution in [0.4, 0.5) is 0 Å². The average molecular weight is 599 g/mol. The van der Waals surface area contributed by atoms with Crippen molar-refractivity contribution in [3.63, 3.8) is 0 Å². The Morgan fingerprint density at radius 1 is 0.595 bits per heavy atom. The summed E-state index contributed by atoms with van der Waals surface area (Å²) in [5, 5.41) is 0. The van der Waals surface area contributed by atoms with Crippen molar-refractivity contribution in [2.24, 2.45) is 0 Å². The Morgan fingerprint density at radius 2 is 0.973 bits per heavy atom. The van der Waals surface area contributed by atoms with Gasteiger partial charge < -0.3 is 0 Å². The third kappa shape index (κ3) is 5.90. The summed E-state index contributed by atoms with van der Waals surface area (Å²) in [6, 6.07) is 32.9. The summed E-state index contributed by atoms with van der Waals surface area (Å²) in [6.45, 7) is 7.04. The van der Waals surface area contributed by atoms with E-state index in [0.717, 1.165) is 5.82 Å². The van der Waals surface area contributed by atoms with Crippen molar-refractivity contribution >= 4 is 22.1 Å². The number of hydrogen-bond donors (Lipinski definition) is 1. The molecule has 2 nitrogen and oxygen atoms in total. The topological polar surface area (TPSA) is 28.7 Å². The van der Waals surface area contributed by atoms with Crippen molar-refractivity contribution in [1.82, 2.24) is 9.97 Å². The molecule has 0 aliphatic heterocycles. The molecule has 0 saturated carbocycles. The fourth-order valence-electron chi connectivity index (χ4n) is 6.08. The normalized spacial score (nSPS) is 12.1. The molecule has 0 aliphatic carbocycles. The number of aromatic nitrogens is 2. The second-order valence-electron chi connectivity index (χ2n) is 10.6. The van der Waals surface area contributed by atoms with E-state index in [4.69, 9.17) is 4.98 Å². The summed E-state index contributed by atoms with van der Waals surface area (Å²) < 4.78 is 5.83. The van der Waals surface area contributed by atoms with Crippen LogP contribution in [0.2, 0.25) is 13.3 Å². The van der Waals surface area contributed by atoms with Crippen LogP contribution in [0.5, 0.6) is 0 Å². The molecule has 1 heterocycles. The third-order valence-corrected chi connectivity index (χ3v) is 23.4. The first-order chi connectivity index (χ1) is 18.2. The van der Waals surface area contributed by atoms with Crippen LogP contribution in [0.1, 0.15) is 81.8 Å². The van der Waals surface area contributed by atoms with Crippen molar-refractivity contribution < 1.29 is 0 Å². The Labute approximate surface area is 228 Å². The molecular weight excluding hydrogens is 555 g/mol. The number of H-pyrrole nitrogens is 1. The Bertz CT molecular complexity index is 1070. The molecule has 0 amide bonds. The van der Waals surface area contributed by atoms with Crippen molar-refractivity contribution in [2.45, 2.75) is 78.0 Å². The van der Waals surface area contributed by atoms with Gasteiger partial charge in [-0.3, -0.25) is 0 Å². The van der Waals surface area contributed by atoms with Crippen LogP contribution in [-0.2, 0) is 5.41 Å². The minimum absolute atomic E-state index is 0.486. The molecule has 0 aliphatic rings. The summed E-state index contributed by atoms with van der Waals surface area (Å²) in [4.78, 5) is 9.40. The predicted molar refractivity (Wildman–Crippen MR) is 161 cm³/mol. The van der Waals surface area contributed by atoms with E-state index in [1.807, 2.05) is 0 Å². The van der Waals surface area contributed by atoms with Crippen LogP contribution in [0.15, 0.2) is 97.2 Å². The van der Waals surface area contributed by atoms with Crippen LogP contribution >= 0.6 is 0 Å². The molecule has 1 aromatic heterocycles. The van der Waals surface area contributed by atoms with Gasteiger partial charge in [0, 0.05) is 0 Å². The number of imidazole rings is 1. The summed E-state index contributed by atoms with van der Waals surface area (Å²) >= 11 is -2.67. The maximum atomic E-state index is 5.30. The summed E-state index contributed by atoms with van der Waals surface area (Å²) in [7, 11) is 0. The Hall–Kier alpha value is -2.33. The minimum atomic E-state index is -2.67. The molecule has 0 atom stereocenters. The summed E-state index contributed by atoms with van der Waals surface area (Å²) in [5.74, 6) is 1.07. The summed E-state index contributed by atoms with van der Waals surface area (Å²) in [5.41, 5.74) is 3.28. The number of nitrogens with zero attached hydrogens (tertiary/aromatic N) is 1. The second kappa shape index (κ2) is 13.5. The van der Waals surface area contributed by atoms with Crippen molar-refractivity contribution in [3.05, 3.63) is 120 Å². The van der Waals surface area contributed by atoms with E-state index in [1.165, 1.54) is 72.2 Å². The molecule has 194 valence electrons. The van der Waals surface area contributed by atoms with Gasteiger partial charge in [0.05, 0.1) is 0 Å². The second-order valence-corrected chi connectivity index (χ2v) is 23.7. The first kappa shape index (κ1) is 27.7. The van der Waals surface area contributed by atoms with E-state index in [2.05, 4.69) is 123 Å². The van der Waals surface area contributed by atoms with E-state index in [0.29, 0.717) is 0 Å². The average Bonchev–Trinajstić information content (AvgIpc) is 3.46. The maximum absolute atomic E-state index is 5.30. The molecule has 0 bridgehead atoms. The molecule has 0 unspecified atom stereocenters. The number of nitrogens with one attached hydrogen (secondary N) is 1. The van der Waals surface area contributed by atoms with Crippen LogP contribution in [0, 0.1) is 0 Å². The standard InChI is InChI=1S/C22H17N2.3C4H9.Sn/c1-4-10-18(11-5-1)22(21-23-16-17-24-21,19-12-6-2-7-13-19)20-14-8-3-9-15-20;3*1-3-4-2;/h1-16H,(H,23,24);3*1,3-4H2,2H3;. The Kier molecular flexibility index (Phi) is 10.1. The van der Waals surface area contributed by atoms with Gasteiger partial charge in [-0.05, 0) is 0 Å². The number of unbranched alkanes of at least 4 members (excludes halogenated alkanes) is 3. The molecular formula is C34H44N2Sn. The molecule has 3 aromatic carbocycles. The van der Waals surface area contributed by atoms with Crippen molar-refractivity contribution in [1.29, 1.82) is 0 Å². The van der Waals surface area contributed by atoms with Gasteiger partial charge in [-0.2, -0.15) is 0 Å². The Balaban J connectivity index is 1.96. The molecule has 0 radical (unpaired) electrons. The Morgan fingerprint density at radius 3 is 1.32 bits per heavy atom. The zero-order valence-electron chi connectivity index (χ0n) is 23.0. The van der Waals surface area contributed by atoms with Crippen LogP contribution in [0.25, 0.3) is 0 Å². The van der Waals surface area contributed by atoms with Gasteiger partial charge in [0.25, 0.3) is 0 Å². The zero-order chi connectivity index (χ0) is 26.0. The van der Waals surface area contributed by atoms with Gasteiger partial charge in [0.2, 0.25) is 0 Å². The van der Waals surface area contributed by atoms with Gasteiger partial charge >= 0.3 is 230 Å². The van der Waals surface area contributed by atoms with Crippen molar-refractivity contribution in [2.75, 3.05) is 0 Å². The van der Waals surface area contributed by atoms with Crippen LogP contribution in [-0.4, -0.2) is 28.3 Å². The molecule has 37 heavy (non-hydrogen) atoms. The first-order valence-electron chi connectivity index (χ1n) is 14.4. The monoisotopic (exact) mass is 600 g/mol. The molecule has 3 heteroatoms. The molecule has 0 saturated heterocycles. The van der Waals surface area contributed by atoms with Gasteiger partial charge in [-0.25, -0.2) is 0 Å². The van der Waals surface area contributed by atoms with E-state index in [-0.39, 0.29) is 0 Å². The van der Waals surface area contributed by atoms with Gasteiger partial charge in [0.1, 0.15) is 0 Å². The predicted octanol–water partition coefficient (Wildman–Crippen LogP) is 8.85. The van der Waals surface area contributed by atoms with E-state index in [9.17, 15) is 0 Å². The van der Waals surface area contributed by atoms with Crippen molar-refractivity contribution in [3.8, 4) is 0 Å². The fraction of sp³-hybridized carbons (Fsp3) is 0.382. The molecule has 4 aromatic rings. The molecule has 0 spiro atoms. The van der Waals surface area contributed by atoms with Gasteiger partial charge in [0.15, 0.2) is 0 Å². The van der Waals surface area contributed by atoms with Gasteiger partial charge in [-0.1, -0.05) is 0 Å². The quantitative estimate of drug-likeness (QED) is 0.114. The fourth-order valence-corrected chi connectivity index (χ4v) is 21.4. The third-order valence-electron chi connectivity index (χ3n) is 8.15. The number of hydrogen-bond acceptors (Lipinski definition) is 1. The zero-order valence-corrected chi connectivity index (χ0v) is 25.9. The molecule has 4 rings (SSSR count).